The molecule has 0 atom stereocenters. The molecular weight excluding hydrogens is 117 g/mol. The minimum atomic E-state index is -0.396. The molecule has 0 fully saturated rings. The van der Waals surface area contributed by atoms with Gasteiger partial charge in [0.1, 0.15) is 5.83 Å². The van der Waals surface area contributed by atoms with Crippen LogP contribution in [0.3, 0.4) is 0 Å². The fourth-order valence-corrected chi connectivity index (χ4v) is 0.319. The van der Waals surface area contributed by atoms with Crippen molar-refractivity contribution in [1.82, 2.24) is 0 Å². The van der Waals surface area contributed by atoms with E-state index in [1.54, 1.807) is 0 Å². The van der Waals surface area contributed by atoms with Crippen molar-refractivity contribution in [3.63, 3.8) is 0 Å². The molecule has 50 valence electrons. The molecule has 0 saturated heterocycles. The van der Waals surface area contributed by atoms with Crippen LogP contribution in [0.5, 0.6) is 0 Å². The van der Waals surface area contributed by atoms with Gasteiger partial charge in [0, 0.05) is 6.54 Å². The number of rotatable bonds is 3. The van der Waals surface area contributed by atoms with Crippen LogP contribution in [0.25, 0.3) is 0 Å². The average Bonchev–Trinajstić information content (AvgIpc) is 1.87. The predicted molar refractivity (Wildman–Crippen MR) is 37.6 cm³/mol. The Balaban J connectivity index is 4.01. The Morgan fingerprint density at radius 3 is 2.56 bits per heavy atom. The SMILES string of the molecule is C=C/C=C(/F)C(=C)CN. The second kappa shape index (κ2) is 4.04. The molecule has 1 nitrogen and oxygen atoms in total. The van der Waals surface area contributed by atoms with E-state index in [1.165, 1.54) is 12.2 Å². The number of hydrogen-bond donors (Lipinski definition) is 1. The van der Waals surface area contributed by atoms with Gasteiger partial charge in [0.05, 0.1) is 0 Å². The van der Waals surface area contributed by atoms with E-state index < -0.39 is 5.83 Å². The molecule has 0 aromatic carbocycles. The lowest BCUT2D eigenvalue weighted by Gasteiger charge is -1.94. The molecule has 0 aliphatic rings. The van der Waals surface area contributed by atoms with Crippen molar-refractivity contribution in [1.29, 1.82) is 0 Å². The molecule has 0 aliphatic carbocycles. The van der Waals surface area contributed by atoms with Crippen LogP contribution in [0.4, 0.5) is 4.39 Å². The zero-order valence-corrected chi connectivity index (χ0v) is 5.23. The van der Waals surface area contributed by atoms with Gasteiger partial charge in [-0.15, -0.1) is 0 Å². The van der Waals surface area contributed by atoms with Crippen LogP contribution >= 0.6 is 0 Å². The van der Waals surface area contributed by atoms with Crippen LogP contribution in [-0.2, 0) is 0 Å². The van der Waals surface area contributed by atoms with Gasteiger partial charge in [-0.3, -0.25) is 0 Å². The Labute approximate surface area is 54.4 Å². The maximum atomic E-state index is 12.4. The summed E-state index contributed by atoms with van der Waals surface area (Å²) < 4.78 is 12.4. The van der Waals surface area contributed by atoms with Crippen LogP contribution in [0, 0.1) is 0 Å². The summed E-state index contributed by atoms with van der Waals surface area (Å²) in [5.74, 6) is -0.396. The molecule has 2 N–H and O–H groups in total. The van der Waals surface area contributed by atoms with Gasteiger partial charge in [0.15, 0.2) is 0 Å². The van der Waals surface area contributed by atoms with Gasteiger partial charge in [-0.25, -0.2) is 4.39 Å². The molecule has 0 radical (unpaired) electrons. The summed E-state index contributed by atoms with van der Waals surface area (Å²) in [7, 11) is 0. The number of hydrogen-bond acceptors (Lipinski definition) is 1. The molecule has 0 aromatic heterocycles. The summed E-state index contributed by atoms with van der Waals surface area (Å²) in [6, 6.07) is 0. The highest BCUT2D eigenvalue weighted by molar-refractivity contribution is 5.25. The van der Waals surface area contributed by atoms with Gasteiger partial charge in [-0.05, 0) is 11.6 Å². The molecule has 0 saturated carbocycles. The highest BCUT2D eigenvalue weighted by Gasteiger charge is 1.94. The quantitative estimate of drug-likeness (QED) is 0.572. The van der Waals surface area contributed by atoms with E-state index in [0.717, 1.165) is 0 Å². The summed E-state index contributed by atoms with van der Waals surface area (Å²) in [4.78, 5) is 0. The lowest BCUT2D eigenvalue weighted by Crippen LogP contribution is -2.01. The summed E-state index contributed by atoms with van der Waals surface area (Å²) in [6.45, 7) is 6.84. The fraction of sp³-hybridized carbons (Fsp3) is 0.143. The number of halogens is 1. The first-order chi connectivity index (χ1) is 4.22. The Hall–Kier alpha value is -0.890. The van der Waals surface area contributed by atoms with Crippen molar-refractivity contribution in [3.8, 4) is 0 Å². The Morgan fingerprint density at radius 1 is 1.67 bits per heavy atom. The van der Waals surface area contributed by atoms with Crippen molar-refractivity contribution >= 4 is 0 Å². The zero-order chi connectivity index (χ0) is 7.28. The van der Waals surface area contributed by atoms with Gasteiger partial charge in [0.2, 0.25) is 0 Å². The highest BCUT2D eigenvalue weighted by atomic mass is 19.1. The maximum absolute atomic E-state index is 12.4. The van der Waals surface area contributed by atoms with Crippen LogP contribution in [0.2, 0.25) is 0 Å². The van der Waals surface area contributed by atoms with Crippen LogP contribution in [-0.4, -0.2) is 6.54 Å². The summed E-state index contributed by atoms with van der Waals surface area (Å²) in [5.41, 5.74) is 5.39. The second-order valence-electron chi connectivity index (χ2n) is 1.56. The number of nitrogens with two attached hydrogens (primary N) is 1. The molecule has 0 amide bonds. The van der Waals surface area contributed by atoms with Gasteiger partial charge in [0.25, 0.3) is 0 Å². The molecule has 0 unspecified atom stereocenters. The van der Waals surface area contributed by atoms with Crippen molar-refractivity contribution in [2.45, 2.75) is 0 Å². The molecule has 0 spiro atoms. The highest BCUT2D eigenvalue weighted by Crippen LogP contribution is 2.06. The van der Waals surface area contributed by atoms with E-state index in [4.69, 9.17) is 5.73 Å². The van der Waals surface area contributed by atoms with E-state index in [9.17, 15) is 4.39 Å². The van der Waals surface area contributed by atoms with Crippen LogP contribution in [0.15, 0.2) is 36.7 Å². The summed E-state index contributed by atoms with van der Waals surface area (Å²) in [5, 5.41) is 0. The third-order valence-electron chi connectivity index (χ3n) is 0.848. The predicted octanol–water partition coefficient (Wildman–Crippen LogP) is 1.54. The van der Waals surface area contributed by atoms with Crippen LogP contribution < -0.4 is 5.73 Å². The van der Waals surface area contributed by atoms with E-state index in [0.29, 0.717) is 5.57 Å². The topological polar surface area (TPSA) is 26.0 Å². The first-order valence-electron chi connectivity index (χ1n) is 2.58. The second-order valence-corrected chi connectivity index (χ2v) is 1.56. The first kappa shape index (κ1) is 8.11. The van der Waals surface area contributed by atoms with Crippen molar-refractivity contribution < 1.29 is 4.39 Å². The average molecular weight is 127 g/mol. The fourth-order valence-electron chi connectivity index (χ4n) is 0.319. The molecular formula is C7H10FN. The Kier molecular flexibility index (Phi) is 3.64. The maximum Gasteiger partial charge on any atom is 0.127 e. The molecule has 0 aromatic rings. The molecule has 0 aliphatic heterocycles. The zero-order valence-electron chi connectivity index (χ0n) is 5.23. The normalized spacial score (nSPS) is 11.1. The largest absolute Gasteiger partial charge is 0.326 e. The van der Waals surface area contributed by atoms with E-state index in [2.05, 4.69) is 13.2 Å². The molecule has 0 heterocycles. The van der Waals surface area contributed by atoms with Gasteiger partial charge >= 0.3 is 0 Å². The van der Waals surface area contributed by atoms with Gasteiger partial charge in [-0.2, -0.15) is 0 Å². The standard InChI is InChI=1S/C7H10FN/c1-3-4-7(8)6(2)5-9/h3-4H,1-2,5,9H2/b7-4+. The molecule has 0 rings (SSSR count). The van der Waals surface area contributed by atoms with Gasteiger partial charge < -0.3 is 5.73 Å². The van der Waals surface area contributed by atoms with Crippen molar-refractivity contribution in [3.05, 3.63) is 36.7 Å². The molecule has 2 heteroatoms. The first-order valence-corrected chi connectivity index (χ1v) is 2.58. The minimum Gasteiger partial charge on any atom is -0.326 e. The van der Waals surface area contributed by atoms with Crippen molar-refractivity contribution in [2.24, 2.45) is 5.73 Å². The lowest BCUT2D eigenvalue weighted by molar-refractivity contribution is 0.648. The smallest absolute Gasteiger partial charge is 0.127 e. The Bertz CT molecular complexity index is 147. The van der Waals surface area contributed by atoms with Gasteiger partial charge in [-0.1, -0.05) is 19.2 Å². The third-order valence-corrected chi connectivity index (χ3v) is 0.848. The lowest BCUT2D eigenvalue weighted by atomic mass is 10.2. The summed E-state index contributed by atoms with van der Waals surface area (Å²) >= 11 is 0. The van der Waals surface area contributed by atoms with E-state index >= 15 is 0 Å². The van der Waals surface area contributed by atoms with Crippen molar-refractivity contribution in [2.75, 3.05) is 6.54 Å². The number of allylic oxidation sites excluding steroid dienone is 2. The Morgan fingerprint density at radius 2 is 2.22 bits per heavy atom. The summed E-state index contributed by atoms with van der Waals surface area (Å²) in [6.07, 6.45) is 2.59. The molecule has 0 bridgehead atoms. The molecule has 9 heavy (non-hydrogen) atoms. The van der Waals surface area contributed by atoms with E-state index in [1.807, 2.05) is 0 Å². The van der Waals surface area contributed by atoms with E-state index in [-0.39, 0.29) is 6.54 Å². The third kappa shape index (κ3) is 2.82. The van der Waals surface area contributed by atoms with Crippen LogP contribution in [0.1, 0.15) is 0 Å². The monoisotopic (exact) mass is 127 g/mol. The minimum absolute atomic E-state index is 0.149.